The van der Waals surface area contributed by atoms with Crippen molar-refractivity contribution in [3.05, 3.63) is 0 Å². The first kappa shape index (κ1) is 10.4. The fourth-order valence-electron chi connectivity index (χ4n) is 0.875. The van der Waals surface area contributed by atoms with Gasteiger partial charge in [-0.15, -0.1) is 0 Å². The van der Waals surface area contributed by atoms with Crippen molar-refractivity contribution in [3.63, 3.8) is 0 Å². The highest BCUT2D eigenvalue weighted by Gasteiger charge is 2.03. The quantitative estimate of drug-likeness (QED) is 0.516. The van der Waals surface area contributed by atoms with Crippen LogP contribution in [0.25, 0.3) is 0 Å². The van der Waals surface area contributed by atoms with Crippen LogP contribution in [0.5, 0.6) is 0 Å². The maximum absolute atomic E-state index is 9.43. The molecule has 0 unspecified atom stereocenters. The van der Waals surface area contributed by atoms with Crippen LogP contribution < -0.4 is 0 Å². The second kappa shape index (κ2) is 6.16. The van der Waals surface area contributed by atoms with Crippen LogP contribution in [-0.4, -0.2) is 50.4 Å². The van der Waals surface area contributed by atoms with Crippen LogP contribution in [0.2, 0.25) is 0 Å². The highest BCUT2D eigenvalue weighted by Crippen LogP contribution is 2.01. The molecule has 3 heteroatoms. The van der Waals surface area contributed by atoms with E-state index in [1.54, 1.807) is 14.1 Å². The van der Waals surface area contributed by atoms with E-state index in [1.807, 2.05) is 0 Å². The summed E-state index contributed by atoms with van der Waals surface area (Å²) in [6, 6.07) is 0. The molecule has 0 bridgehead atoms. The molecular weight excluding hydrogens is 140 g/mol. The Bertz CT molecular complexity index is 98.3. The van der Waals surface area contributed by atoms with E-state index in [0.717, 1.165) is 6.41 Å². The summed E-state index contributed by atoms with van der Waals surface area (Å²) in [5.41, 5.74) is 0. The van der Waals surface area contributed by atoms with E-state index in [1.165, 1.54) is 30.8 Å². The molecule has 1 aliphatic heterocycles. The van der Waals surface area contributed by atoms with Crippen molar-refractivity contribution in [1.29, 1.82) is 0 Å². The van der Waals surface area contributed by atoms with Gasteiger partial charge in [0.1, 0.15) is 0 Å². The van der Waals surface area contributed by atoms with Gasteiger partial charge < -0.3 is 9.80 Å². The zero-order chi connectivity index (χ0) is 8.69. The standard InChI is InChI=1S/C5H11N.C3H7NO/c1-6-4-2-3-5-6;1-4(2)3-5/h2-5H2,1H3;3H,1-2H3. The smallest absolute Gasteiger partial charge is 0.209 e. The lowest BCUT2D eigenvalue weighted by molar-refractivity contribution is -0.115. The normalized spacial score (nSPS) is 17.0. The second-order valence-corrected chi connectivity index (χ2v) is 3.08. The predicted molar refractivity (Wildman–Crippen MR) is 46.5 cm³/mol. The minimum absolute atomic E-state index is 0.750. The molecule has 1 fully saturated rings. The molecule has 66 valence electrons. The Hall–Kier alpha value is -0.570. The fraction of sp³-hybridized carbons (Fsp3) is 0.875. The fourth-order valence-corrected chi connectivity index (χ4v) is 0.875. The van der Waals surface area contributed by atoms with Gasteiger partial charge >= 0.3 is 0 Å². The first-order chi connectivity index (χ1) is 5.16. The second-order valence-electron chi connectivity index (χ2n) is 3.08. The van der Waals surface area contributed by atoms with Crippen LogP contribution in [-0.2, 0) is 4.79 Å². The van der Waals surface area contributed by atoms with Crippen molar-refractivity contribution >= 4 is 6.41 Å². The summed E-state index contributed by atoms with van der Waals surface area (Å²) < 4.78 is 0. The Morgan fingerprint density at radius 2 is 1.64 bits per heavy atom. The molecule has 3 nitrogen and oxygen atoms in total. The Labute approximate surface area is 69.0 Å². The monoisotopic (exact) mass is 158 g/mol. The van der Waals surface area contributed by atoms with E-state index in [0.29, 0.717) is 0 Å². The molecule has 0 atom stereocenters. The summed E-state index contributed by atoms with van der Waals surface area (Å²) in [6.45, 7) is 2.64. The number of hydrogen-bond acceptors (Lipinski definition) is 2. The maximum Gasteiger partial charge on any atom is 0.209 e. The number of amides is 1. The third-order valence-corrected chi connectivity index (χ3v) is 1.54. The minimum Gasteiger partial charge on any atom is -0.351 e. The highest BCUT2D eigenvalue weighted by molar-refractivity contribution is 5.45. The summed E-state index contributed by atoms with van der Waals surface area (Å²) in [7, 11) is 5.55. The van der Waals surface area contributed by atoms with Gasteiger partial charge in [0.15, 0.2) is 0 Å². The van der Waals surface area contributed by atoms with Gasteiger partial charge in [0, 0.05) is 14.1 Å². The van der Waals surface area contributed by atoms with Crippen LogP contribution >= 0.6 is 0 Å². The van der Waals surface area contributed by atoms with E-state index < -0.39 is 0 Å². The van der Waals surface area contributed by atoms with E-state index in [9.17, 15) is 4.79 Å². The molecule has 0 aromatic heterocycles. The minimum atomic E-state index is 0.750. The molecule has 1 heterocycles. The molecule has 1 saturated heterocycles. The Balaban J connectivity index is 0.000000187. The van der Waals surface area contributed by atoms with Crippen LogP contribution in [0.15, 0.2) is 0 Å². The predicted octanol–water partition coefficient (Wildman–Crippen LogP) is 0.416. The summed E-state index contributed by atoms with van der Waals surface area (Å²) in [5, 5.41) is 0. The number of likely N-dealkylation sites (tertiary alicyclic amines) is 1. The summed E-state index contributed by atoms with van der Waals surface area (Å²) >= 11 is 0. The largest absolute Gasteiger partial charge is 0.351 e. The lowest BCUT2D eigenvalue weighted by Crippen LogP contribution is -2.10. The maximum atomic E-state index is 9.43. The highest BCUT2D eigenvalue weighted by atomic mass is 16.1. The average molecular weight is 158 g/mol. The van der Waals surface area contributed by atoms with Gasteiger partial charge in [-0.25, -0.2) is 0 Å². The molecule has 1 amide bonds. The molecule has 0 radical (unpaired) electrons. The van der Waals surface area contributed by atoms with Crippen molar-refractivity contribution in [3.8, 4) is 0 Å². The van der Waals surface area contributed by atoms with Crippen molar-refractivity contribution in [2.45, 2.75) is 12.8 Å². The molecular formula is C8H18N2O. The third-order valence-electron chi connectivity index (χ3n) is 1.54. The average Bonchev–Trinajstić information content (AvgIpc) is 2.41. The Morgan fingerprint density at radius 3 is 1.73 bits per heavy atom. The van der Waals surface area contributed by atoms with Gasteiger partial charge in [0.2, 0.25) is 6.41 Å². The molecule has 0 aliphatic carbocycles. The van der Waals surface area contributed by atoms with Crippen LogP contribution in [0.1, 0.15) is 12.8 Å². The molecule has 0 aromatic rings. The number of carbonyl (C=O) groups excluding carboxylic acids is 1. The van der Waals surface area contributed by atoms with E-state index >= 15 is 0 Å². The van der Waals surface area contributed by atoms with E-state index in [2.05, 4.69) is 11.9 Å². The molecule has 11 heavy (non-hydrogen) atoms. The third kappa shape index (κ3) is 7.33. The van der Waals surface area contributed by atoms with Gasteiger partial charge in [0.25, 0.3) is 0 Å². The van der Waals surface area contributed by atoms with Crippen LogP contribution in [0, 0.1) is 0 Å². The molecule has 0 spiro atoms. The Kier molecular flexibility index (Phi) is 5.84. The molecule has 0 N–H and O–H groups in total. The lowest BCUT2D eigenvalue weighted by Gasteiger charge is -2.01. The van der Waals surface area contributed by atoms with Gasteiger partial charge in [-0.1, -0.05) is 0 Å². The van der Waals surface area contributed by atoms with Crippen molar-refractivity contribution in [1.82, 2.24) is 9.80 Å². The van der Waals surface area contributed by atoms with Crippen LogP contribution in [0.4, 0.5) is 0 Å². The number of rotatable bonds is 1. The van der Waals surface area contributed by atoms with Gasteiger partial charge in [0.05, 0.1) is 0 Å². The summed E-state index contributed by atoms with van der Waals surface area (Å²) in [4.78, 5) is 13.2. The van der Waals surface area contributed by atoms with Gasteiger partial charge in [-0.3, -0.25) is 4.79 Å². The van der Waals surface area contributed by atoms with E-state index in [4.69, 9.17) is 0 Å². The van der Waals surface area contributed by atoms with Gasteiger partial charge in [-0.05, 0) is 33.0 Å². The molecule has 0 aromatic carbocycles. The number of carbonyl (C=O) groups is 1. The topological polar surface area (TPSA) is 23.6 Å². The lowest BCUT2D eigenvalue weighted by atomic mass is 10.4. The zero-order valence-corrected chi connectivity index (χ0v) is 7.71. The zero-order valence-electron chi connectivity index (χ0n) is 7.71. The first-order valence-electron chi connectivity index (χ1n) is 3.97. The van der Waals surface area contributed by atoms with Gasteiger partial charge in [-0.2, -0.15) is 0 Å². The molecule has 1 rings (SSSR count). The molecule has 1 aliphatic rings. The Morgan fingerprint density at radius 1 is 1.27 bits per heavy atom. The van der Waals surface area contributed by atoms with Crippen molar-refractivity contribution < 1.29 is 4.79 Å². The van der Waals surface area contributed by atoms with Crippen molar-refractivity contribution in [2.75, 3.05) is 34.2 Å². The SMILES string of the molecule is CN(C)C=O.CN1CCCC1. The van der Waals surface area contributed by atoms with Crippen molar-refractivity contribution in [2.24, 2.45) is 0 Å². The van der Waals surface area contributed by atoms with Crippen LogP contribution in [0.3, 0.4) is 0 Å². The van der Waals surface area contributed by atoms with E-state index in [-0.39, 0.29) is 0 Å². The summed E-state index contributed by atoms with van der Waals surface area (Å²) in [5.74, 6) is 0. The molecule has 0 saturated carbocycles. The number of nitrogens with zero attached hydrogens (tertiary/aromatic N) is 2. The number of hydrogen-bond donors (Lipinski definition) is 0. The first-order valence-corrected chi connectivity index (χ1v) is 3.97. The summed E-state index contributed by atoms with van der Waals surface area (Å²) in [6.07, 6.45) is 3.58.